The van der Waals surface area contributed by atoms with Gasteiger partial charge in [0.15, 0.2) is 0 Å². The second kappa shape index (κ2) is 5.13. The Balaban J connectivity index is 2.82. The van der Waals surface area contributed by atoms with Crippen LogP contribution >= 0.6 is 0 Å². The minimum absolute atomic E-state index is 0.0872. The normalized spacial score (nSPS) is 9.12. The Labute approximate surface area is 57.0 Å². The van der Waals surface area contributed by atoms with Crippen molar-refractivity contribution in [1.29, 1.82) is 0 Å². The summed E-state index contributed by atoms with van der Waals surface area (Å²) in [6.07, 6.45) is 0. The molecule has 0 aliphatic heterocycles. The average molecular weight is 179 g/mol. The van der Waals surface area contributed by atoms with Crippen molar-refractivity contribution >= 4 is 22.8 Å². The van der Waals surface area contributed by atoms with Crippen molar-refractivity contribution in [2.45, 2.75) is 5.21 Å². The Morgan fingerprint density at radius 1 is 1.75 bits per heavy atom. The molecule has 4 heteroatoms. The molecule has 0 fully saturated rings. The van der Waals surface area contributed by atoms with E-state index in [2.05, 4.69) is 5.32 Å². The number of nitrogens with one attached hydrogen (secondary N) is 1. The van der Waals surface area contributed by atoms with E-state index >= 15 is 0 Å². The molecule has 0 aromatic carbocycles. The molecule has 2 N–H and O–H groups in total. The van der Waals surface area contributed by atoms with Crippen molar-refractivity contribution in [3.05, 3.63) is 0 Å². The SMILES string of the molecule is O=C(O)CNCC[AsH2]. The van der Waals surface area contributed by atoms with Gasteiger partial charge in [-0.15, -0.1) is 0 Å². The number of rotatable bonds is 4. The van der Waals surface area contributed by atoms with E-state index < -0.39 is 5.97 Å². The topological polar surface area (TPSA) is 49.3 Å². The molecule has 0 spiro atoms. The first-order chi connectivity index (χ1) is 3.77. The molecule has 0 aromatic heterocycles. The molecule has 0 rings (SSSR count). The fourth-order valence-electron chi connectivity index (χ4n) is 0.297. The number of hydrogen-bond acceptors (Lipinski definition) is 2. The molecule has 8 heavy (non-hydrogen) atoms. The summed E-state index contributed by atoms with van der Waals surface area (Å²) in [6, 6.07) is 0. The van der Waals surface area contributed by atoms with Gasteiger partial charge in [-0.3, -0.25) is 0 Å². The van der Waals surface area contributed by atoms with Gasteiger partial charge in [-0.2, -0.15) is 0 Å². The monoisotopic (exact) mass is 179 g/mol. The summed E-state index contributed by atoms with van der Waals surface area (Å²) in [5.74, 6) is -0.786. The second-order valence-electron chi connectivity index (χ2n) is 1.36. The first kappa shape index (κ1) is 7.99. The van der Waals surface area contributed by atoms with Crippen molar-refractivity contribution in [3.8, 4) is 0 Å². The van der Waals surface area contributed by atoms with Crippen molar-refractivity contribution < 1.29 is 9.90 Å². The van der Waals surface area contributed by atoms with E-state index in [0.29, 0.717) is 0 Å². The number of hydrogen-bond donors (Lipinski definition) is 2. The van der Waals surface area contributed by atoms with E-state index in [1.54, 1.807) is 16.9 Å². The molecular weight excluding hydrogens is 169 g/mol. The first-order valence-electron chi connectivity index (χ1n) is 2.40. The number of carboxylic acid groups (broad SMARTS) is 1. The summed E-state index contributed by atoms with van der Waals surface area (Å²) >= 11 is 1.61. The average Bonchev–Trinajstić information content (AvgIpc) is 1.66. The van der Waals surface area contributed by atoms with Crippen molar-refractivity contribution in [2.75, 3.05) is 13.1 Å². The molecule has 0 bridgehead atoms. The van der Waals surface area contributed by atoms with Gasteiger partial charge in [0, 0.05) is 0 Å². The Hall–Kier alpha value is -0.0116. The molecule has 48 valence electrons. The Morgan fingerprint density at radius 2 is 2.38 bits per heavy atom. The molecule has 0 radical (unpaired) electrons. The van der Waals surface area contributed by atoms with Gasteiger partial charge in [-0.1, -0.05) is 0 Å². The van der Waals surface area contributed by atoms with Gasteiger partial charge in [0.2, 0.25) is 0 Å². The summed E-state index contributed by atoms with van der Waals surface area (Å²) < 4.78 is 0. The zero-order valence-corrected chi connectivity index (χ0v) is 6.98. The summed E-state index contributed by atoms with van der Waals surface area (Å²) in [5.41, 5.74) is 0. The van der Waals surface area contributed by atoms with Crippen LogP contribution in [0.3, 0.4) is 0 Å². The Morgan fingerprint density at radius 3 is 2.75 bits per heavy atom. The van der Waals surface area contributed by atoms with Gasteiger partial charge >= 0.3 is 56.3 Å². The quantitative estimate of drug-likeness (QED) is 0.417. The predicted octanol–water partition coefficient (Wildman–Crippen LogP) is -1.29. The summed E-state index contributed by atoms with van der Waals surface area (Å²) in [7, 11) is 0. The van der Waals surface area contributed by atoms with Crippen LogP contribution in [-0.4, -0.2) is 41.0 Å². The van der Waals surface area contributed by atoms with Gasteiger partial charge in [-0.25, -0.2) is 0 Å². The molecule has 0 saturated carbocycles. The molecule has 0 heterocycles. The zero-order valence-electron chi connectivity index (χ0n) is 4.55. The van der Waals surface area contributed by atoms with Crippen LogP contribution in [0.5, 0.6) is 0 Å². The van der Waals surface area contributed by atoms with Crippen molar-refractivity contribution in [3.63, 3.8) is 0 Å². The van der Waals surface area contributed by atoms with E-state index in [-0.39, 0.29) is 6.54 Å². The fraction of sp³-hybridized carbons (Fsp3) is 0.750. The third-order valence-electron chi connectivity index (χ3n) is 0.597. The van der Waals surface area contributed by atoms with E-state index in [9.17, 15) is 4.79 Å². The van der Waals surface area contributed by atoms with Gasteiger partial charge in [0.1, 0.15) is 0 Å². The van der Waals surface area contributed by atoms with Crippen LogP contribution < -0.4 is 5.32 Å². The molecular formula is C4H10AsNO2. The van der Waals surface area contributed by atoms with Crippen LogP contribution in [0.15, 0.2) is 0 Å². The molecule has 3 nitrogen and oxygen atoms in total. The first-order valence-corrected chi connectivity index (χ1v) is 4.11. The van der Waals surface area contributed by atoms with Crippen LogP contribution in [0.4, 0.5) is 0 Å². The van der Waals surface area contributed by atoms with E-state index in [0.717, 1.165) is 11.8 Å². The van der Waals surface area contributed by atoms with E-state index in [4.69, 9.17) is 5.11 Å². The number of aliphatic carboxylic acids is 1. The fourth-order valence-corrected chi connectivity index (χ4v) is 0.726. The van der Waals surface area contributed by atoms with Crippen LogP contribution in [-0.2, 0) is 4.79 Å². The van der Waals surface area contributed by atoms with Crippen LogP contribution in [0, 0.1) is 0 Å². The van der Waals surface area contributed by atoms with Gasteiger partial charge in [-0.05, 0) is 0 Å². The van der Waals surface area contributed by atoms with Gasteiger partial charge in [0.05, 0.1) is 0 Å². The van der Waals surface area contributed by atoms with E-state index in [1.807, 2.05) is 0 Å². The molecule has 1 atom stereocenters. The maximum absolute atomic E-state index is 9.82. The second-order valence-corrected chi connectivity index (χ2v) is 2.57. The molecule has 1 unspecified atom stereocenters. The van der Waals surface area contributed by atoms with Crippen LogP contribution in [0.25, 0.3) is 0 Å². The third kappa shape index (κ3) is 5.99. The van der Waals surface area contributed by atoms with Crippen LogP contribution in [0.2, 0.25) is 5.21 Å². The molecule has 0 saturated heterocycles. The van der Waals surface area contributed by atoms with Gasteiger partial charge in [0.25, 0.3) is 0 Å². The van der Waals surface area contributed by atoms with Crippen molar-refractivity contribution in [1.82, 2.24) is 5.32 Å². The van der Waals surface area contributed by atoms with E-state index in [1.165, 1.54) is 0 Å². The predicted molar refractivity (Wildman–Crippen MR) is 33.9 cm³/mol. The molecule has 0 aromatic rings. The molecule has 0 aliphatic carbocycles. The minimum atomic E-state index is -0.786. The Bertz CT molecular complexity index is 76.4. The summed E-state index contributed by atoms with van der Waals surface area (Å²) in [6.45, 7) is 0.899. The van der Waals surface area contributed by atoms with Crippen molar-refractivity contribution in [2.24, 2.45) is 0 Å². The Kier molecular flexibility index (Phi) is 5.12. The van der Waals surface area contributed by atoms with Gasteiger partial charge < -0.3 is 0 Å². The maximum atomic E-state index is 9.82. The van der Waals surface area contributed by atoms with Crippen LogP contribution in [0.1, 0.15) is 0 Å². The third-order valence-corrected chi connectivity index (χ3v) is 1.20. The zero-order chi connectivity index (χ0) is 6.41. The number of carboxylic acids is 1. The number of carbonyl (C=O) groups is 1. The summed E-state index contributed by atoms with van der Waals surface area (Å²) in [4.78, 5) is 9.82. The molecule has 0 aliphatic rings. The standard InChI is InChI=1S/C4H10AsNO2/c5-1-2-6-3-4(7)8/h6H,1-3,5H2,(H,7,8). The summed E-state index contributed by atoms with van der Waals surface area (Å²) in [5, 5.41) is 11.9. The molecule has 0 amide bonds.